The summed E-state index contributed by atoms with van der Waals surface area (Å²) in [6.07, 6.45) is 0. The summed E-state index contributed by atoms with van der Waals surface area (Å²) in [5.74, 6) is 0.562. The highest BCUT2D eigenvalue weighted by Gasteiger charge is 2.10. The smallest absolute Gasteiger partial charge is 0.146 e. The van der Waals surface area contributed by atoms with Crippen molar-refractivity contribution in [3.63, 3.8) is 0 Å². The summed E-state index contributed by atoms with van der Waals surface area (Å²) in [6, 6.07) is 10.4. The normalized spacial score (nSPS) is 11.0. The molecule has 1 aromatic heterocycles. The zero-order valence-corrected chi connectivity index (χ0v) is 10.9. The van der Waals surface area contributed by atoms with Crippen molar-refractivity contribution in [2.24, 2.45) is 0 Å². The van der Waals surface area contributed by atoms with Crippen molar-refractivity contribution in [1.82, 2.24) is 9.78 Å². The van der Waals surface area contributed by atoms with E-state index in [9.17, 15) is 0 Å². The van der Waals surface area contributed by atoms with Crippen LogP contribution in [0.1, 0.15) is 19.9 Å². The number of nitrogens with two attached hydrogens (primary N) is 1. The summed E-state index contributed by atoms with van der Waals surface area (Å²) in [4.78, 5) is 0. The van der Waals surface area contributed by atoms with E-state index in [0.717, 1.165) is 15.7 Å². The summed E-state index contributed by atoms with van der Waals surface area (Å²) in [5.41, 5.74) is 7.92. The first-order chi connectivity index (χ1) is 7.58. The van der Waals surface area contributed by atoms with Gasteiger partial charge in [0, 0.05) is 16.6 Å². The highest BCUT2D eigenvalue weighted by atomic mass is 79.9. The zero-order valence-electron chi connectivity index (χ0n) is 9.31. The van der Waals surface area contributed by atoms with Gasteiger partial charge in [-0.15, -0.1) is 0 Å². The molecule has 84 valence electrons. The summed E-state index contributed by atoms with van der Waals surface area (Å²) in [5, 5.41) is 4.29. The van der Waals surface area contributed by atoms with Crippen LogP contribution < -0.4 is 5.73 Å². The molecule has 2 rings (SSSR count). The Morgan fingerprint density at radius 1 is 1.25 bits per heavy atom. The van der Waals surface area contributed by atoms with Crippen molar-refractivity contribution < 1.29 is 0 Å². The minimum absolute atomic E-state index is 0.302. The molecule has 0 spiro atoms. The van der Waals surface area contributed by atoms with Crippen LogP contribution in [0.2, 0.25) is 0 Å². The van der Waals surface area contributed by atoms with Gasteiger partial charge in [0.05, 0.1) is 5.69 Å². The van der Waals surface area contributed by atoms with Crippen LogP contribution in [0, 0.1) is 0 Å². The number of anilines is 1. The van der Waals surface area contributed by atoms with Crippen molar-refractivity contribution in [1.29, 1.82) is 0 Å². The van der Waals surface area contributed by atoms with Gasteiger partial charge in [0.25, 0.3) is 0 Å². The van der Waals surface area contributed by atoms with Crippen molar-refractivity contribution >= 4 is 21.7 Å². The van der Waals surface area contributed by atoms with E-state index in [2.05, 4.69) is 47.0 Å². The van der Waals surface area contributed by atoms with Gasteiger partial charge in [-0.25, -0.2) is 0 Å². The third-order valence-electron chi connectivity index (χ3n) is 2.38. The summed E-state index contributed by atoms with van der Waals surface area (Å²) < 4.78 is 3.01. The van der Waals surface area contributed by atoms with E-state index in [4.69, 9.17) is 5.73 Å². The monoisotopic (exact) mass is 279 g/mol. The number of nitrogen functional groups attached to an aromatic ring is 1. The molecule has 0 fully saturated rings. The summed E-state index contributed by atoms with van der Waals surface area (Å²) in [7, 11) is 0. The Morgan fingerprint density at radius 2 is 1.88 bits per heavy atom. The second kappa shape index (κ2) is 4.29. The first-order valence-electron chi connectivity index (χ1n) is 5.19. The van der Waals surface area contributed by atoms with E-state index in [1.807, 2.05) is 22.9 Å². The molecule has 0 saturated carbocycles. The number of hydrogen-bond donors (Lipinski definition) is 1. The van der Waals surface area contributed by atoms with Crippen LogP contribution in [0.5, 0.6) is 0 Å². The Kier molecular flexibility index (Phi) is 3.01. The molecule has 0 atom stereocenters. The van der Waals surface area contributed by atoms with Crippen molar-refractivity contribution in [2.75, 3.05) is 5.73 Å². The molecule has 2 aromatic rings. The van der Waals surface area contributed by atoms with Gasteiger partial charge in [-0.3, -0.25) is 4.68 Å². The van der Waals surface area contributed by atoms with Gasteiger partial charge < -0.3 is 5.73 Å². The maximum Gasteiger partial charge on any atom is 0.146 e. The maximum atomic E-state index is 5.74. The average molecular weight is 280 g/mol. The Labute approximate surface area is 103 Å². The first kappa shape index (κ1) is 11.2. The fraction of sp³-hybridized carbons (Fsp3) is 0.250. The summed E-state index contributed by atoms with van der Waals surface area (Å²) in [6.45, 7) is 4.18. The van der Waals surface area contributed by atoms with Gasteiger partial charge in [0.15, 0.2) is 0 Å². The lowest BCUT2D eigenvalue weighted by atomic mass is 10.1. The highest BCUT2D eigenvalue weighted by Crippen LogP contribution is 2.25. The Hall–Kier alpha value is -1.29. The van der Waals surface area contributed by atoms with Crippen molar-refractivity contribution in [3.05, 3.63) is 34.8 Å². The number of nitrogens with zero attached hydrogens (tertiary/aromatic N) is 2. The van der Waals surface area contributed by atoms with E-state index in [0.29, 0.717) is 11.9 Å². The van der Waals surface area contributed by atoms with Gasteiger partial charge in [0.1, 0.15) is 5.82 Å². The average Bonchev–Trinajstić information content (AvgIpc) is 2.61. The quantitative estimate of drug-likeness (QED) is 0.915. The molecule has 0 radical (unpaired) electrons. The maximum absolute atomic E-state index is 5.74. The number of benzene rings is 1. The fourth-order valence-electron chi connectivity index (χ4n) is 1.64. The van der Waals surface area contributed by atoms with Crippen molar-refractivity contribution in [3.8, 4) is 11.3 Å². The van der Waals surface area contributed by atoms with Gasteiger partial charge in [-0.05, 0) is 31.5 Å². The third-order valence-corrected chi connectivity index (χ3v) is 2.91. The van der Waals surface area contributed by atoms with Gasteiger partial charge in [-0.1, -0.05) is 28.1 Å². The number of hydrogen-bond acceptors (Lipinski definition) is 2. The molecular weight excluding hydrogens is 266 g/mol. The molecule has 16 heavy (non-hydrogen) atoms. The lowest BCUT2D eigenvalue weighted by Gasteiger charge is -2.10. The molecule has 4 heteroatoms. The second-order valence-corrected chi connectivity index (χ2v) is 4.92. The minimum Gasteiger partial charge on any atom is -0.382 e. The van der Waals surface area contributed by atoms with E-state index in [1.54, 1.807) is 0 Å². The molecular formula is C12H14BrN3. The molecule has 0 bridgehead atoms. The Balaban J connectivity index is 2.50. The predicted octanol–water partition coefficient (Wildman–Crippen LogP) is 3.48. The molecule has 0 aliphatic rings. The van der Waals surface area contributed by atoms with Crippen LogP contribution in [0.25, 0.3) is 11.3 Å². The molecule has 0 unspecified atom stereocenters. The standard InChI is InChI=1S/C12H14BrN3/c1-8(2)16-11(7-12(14)15-16)9-3-5-10(13)6-4-9/h3-8H,1-2H3,(H2,14,15). The van der Waals surface area contributed by atoms with E-state index >= 15 is 0 Å². The molecule has 3 nitrogen and oxygen atoms in total. The van der Waals surface area contributed by atoms with E-state index in [-0.39, 0.29) is 0 Å². The largest absolute Gasteiger partial charge is 0.382 e. The molecule has 1 heterocycles. The van der Waals surface area contributed by atoms with Crippen LogP contribution in [-0.4, -0.2) is 9.78 Å². The lowest BCUT2D eigenvalue weighted by Crippen LogP contribution is -2.05. The number of aromatic nitrogens is 2. The SMILES string of the molecule is CC(C)n1nc(N)cc1-c1ccc(Br)cc1. The van der Waals surface area contributed by atoms with Crippen LogP contribution >= 0.6 is 15.9 Å². The van der Waals surface area contributed by atoms with Crippen LogP contribution in [0.4, 0.5) is 5.82 Å². The van der Waals surface area contributed by atoms with Gasteiger partial charge in [0.2, 0.25) is 0 Å². The molecule has 1 aromatic carbocycles. The Bertz CT molecular complexity index is 485. The molecule has 0 amide bonds. The fourth-order valence-corrected chi connectivity index (χ4v) is 1.91. The van der Waals surface area contributed by atoms with Crippen LogP contribution in [0.3, 0.4) is 0 Å². The van der Waals surface area contributed by atoms with Gasteiger partial charge >= 0.3 is 0 Å². The second-order valence-electron chi connectivity index (χ2n) is 4.00. The molecule has 0 saturated heterocycles. The number of halogens is 1. The molecule has 2 N–H and O–H groups in total. The topological polar surface area (TPSA) is 43.8 Å². The van der Waals surface area contributed by atoms with E-state index in [1.165, 1.54) is 0 Å². The molecule has 0 aliphatic carbocycles. The van der Waals surface area contributed by atoms with Crippen LogP contribution in [0.15, 0.2) is 34.8 Å². The lowest BCUT2D eigenvalue weighted by molar-refractivity contribution is 0.540. The first-order valence-corrected chi connectivity index (χ1v) is 5.98. The van der Waals surface area contributed by atoms with Crippen molar-refractivity contribution in [2.45, 2.75) is 19.9 Å². The summed E-state index contributed by atoms with van der Waals surface area (Å²) >= 11 is 3.42. The Morgan fingerprint density at radius 3 is 2.44 bits per heavy atom. The van der Waals surface area contributed by atoms with Gasteiger partial charge in [-0.2, -0.15) is 5.10 Å². The number of rotatable bonds is 2. The highest BCUT2D eigenvalue weighted by molar-refractivity contribution is 9.10. The predicted molar refractivity (Wildman–Crippen MR) is 70.2 cm³/mol. The third kappa shape index (κ3) is 2.11. The minimum atomic E-state index is 0.302. The molecule has 0 aliphatic heterocycles. The van der Waals surface area contributed by atoms with E-state index < -0.39 is 0 Å². The van der Waals surface area contributed by atoms with Crippen LogP contribution in [-0.2, 0) is 0 Å². The zero-order chi connectivity index (χ0) is 11.7.